The Balaban J connectivity index is 4.50. The van der Waals surface area contributed by atoms with Gasteiger partial charge < -0.3 is 14.8 Å². The molecule has 0 spiro atoms. The zero-order valence-corrected chi connectivity index (χ0v) is 12.6. The van der Waals surface area contributed by atoms with Crippen LogP contribution in [0.3, 0.4) is 0 Å². The summed E-state index contributed by atoms with van der Waals surface area (Å²) in [7, 11) is 0. The lowest BCUT2D eigenvalue weighted by molar-refractivity contribution is -0.137. The summed E-state index contributed by atoms with van der Waals surface area (Å²) in [6.07, 6.45) is 2.44. The first-order valence-corrected chi connectivity index (χ1v) is 6.50. The fourth-order valence-electron chi connectivity index (χ4n) is 1.25. The molecular formula is C14H25NO4. The molecule has 0 aromatic heterocycles. The molecule has 5 heteroatoms. The third-order valence-corrected chi connectivity index (χ3v) is 2.13. The van der Waals surface area contributed by atoms with E-state index < -0.39 is 17.7 Å². The average Bonchev–Trinajstić information content (AvgIpc) is 2.21. The van der Waals surface area contributed by atoms with Gasteiger partial charge in [-0.1, -0.05) is 19.9 Å². The first-order chi connectivity index (χ1) is 8.65. The first-order valence-electron chi connectivity index (χ1n) is 6.50. The maximum atomic E-state index is 11.7. The molecule has 0 heterocycles. The molecule has 0 aromatic rings. The summed E-state index contributed by atoms with van der Waals surface area (Å²) < 4.78 is 9.96. The van der Waals surface area contributed by atoms with Crippen LogP contribution in [0.4, 0.5) is 4.79 Å². The van der Waals surface area contributed by atoms with E-state index in [2.05, 4.69) is 5.32 Å². The van der Waals surface area contributed by atoms with Gasteiger partial charge in [-0.25, -0.2) is 9.59 Å². The number of hydrogen-bond acceptors (Lipinski definition) is 4. The van der Waals surface area contributed by atoms with Crippen LogP contribution in [0.15, 0.2) is 12.2 Å². The third-order valence-electron chi connectivity index (χ3n) is 2.13. The monoisotopic (exact) mass is 271 g/mol. The van der Waals surface area contributed by atoms with Crippen LogP contribution in [0, 0.1) is 5.92 Å². The van der Waals surface area contributed by atoms with Crippen molar-refractivity contribution in [2.24, 2.45) is 5.92 Å². The molecule has 0 aliphatic rings. The van der Waals surface area contributed by atoms with Crippen molar-refractivity contribution in [1.29, 1.82) is 0 Å². The number of amides is 1. The van der Waals surface area contributed by atoms with E-state index in [1.807, 2.05) is 13.8 Å². The van der Waals surface area contributed by atoms with Gasteiger partial charge in [0, 0.05) is 6.08 Å². The van der Waals surface area contributed by atoms with E-state index in [0.29, 0.717) is 6.61 Å². The lowest BCUT2D eigenvalue weighted by Crippen LogP contribution is -2.40. The van der Waals surface area contributed by atoms with Gasteiger partial charge in [0.15, 0.2) is 0 Å². The van der Waals surface area contributed by atoms with Crippen LogP contribution < -0.4 is 5.32 Å². The molecule has 5 nitrogen and oxygen atoms in total. The van der Waals surface area contributed by atoms with Gasteiger partial charge in [0.1, 0.15) is 5.60 Å². The van der Waals surface area contributed by atoms with Crippen molar-refractivity contribution in [3.05, 3.63) is 12.2 Å². The molecule has 0 fully saturated rings. The molecule has 1 unspecified atom stereocenters. The molecule has 0 saturated heterocycles. The highest BCUT2D eigenvalue weighted by Crippen LogP contribution is 2.09. The first kappa shape index (κ1) is 17.5. The fourth-order valence-corrected chi connectivity index (χ4v) is 1.25. The van der Waals surface area contributed by atoms with Crippen molar-refractivity contribution in [1.82, 2.24) is 5.32 Å². The lowest BCUT2D eigenvalue weighted by Gasteiger charge is -2.23. The third kappa shape index (κ3) is 9.11. The standard InChI is InChI=1S/C14H25NO4/c1-7-18-12(16)9-8-11(10(2)3)15-13(17)19-14(4,5)6/h8-11H,7H2,1-6H3,(H,15,17). The summed E-state index contributed by atoms with van der Waals surface area (Å²) in [4.78, 5) is 22.9. The highest BCUT2D eigenvalue weighted by molar-refractivity contribution is 5.82. The summed E-state index contributed by atoms with van der Waals surface area (Å²) in [5.74, 6) is -0.280. The second kappa shape index (κ2) is 7.81. The minimum Gasteiger partial charge on any atom is -0.463 e. The molecule has 0 saturated carbocycles. The van der Waals surface area contributed by atoms with E-state index in [-0.39, 0.29) is 12.0 Å². The number of rotatable bonds is 5. The smallest absolute Gasteiger partial charge is 0.408 e. The Hall–Kier alpha value is -1.52. The van der Waals surface area contributed by atoms with Gasteiger partial charge in [0.25, 0.3) is 0 Å². The predicted molar refractivity (Wildman–Crippen MR) is 73.8 cm³/mol. The Morgan fingerprint density at radius 3 is 2.26 bits per heavy atom. The Morgan fingerprint density at radius 2 is 1.84 bits per heavy atom. The summed E-state index contributed by atoms with van der Waals surface area (Å²) >= 11 is 0. The largest absolute Gasteiger partial charge is 0.463 e. The molecule has 0 aromatic carbocycles. The number of carbonyl (C=O) groups excluding carboxylic acids is 2. The number of carbonyl (C=O) groups is 2. The van der Waals surface area contributed by atoms with Crippen molar-refractivity contribution in [2.75, 3.05) is 6.61 Å². The highest BCUT2D eigenvalue weighted by Gasteiger charge is 2.20. The second-order valence-electron chi connectivity index (χ2n) is 5.53. The van der Waals surface area contributed by atoms with Crippen molar-refractivity contribution < 1.29 is 19.1 Å². The van der Waals surface area contributed by atoms with E-state index in [4.69, 9.17) is 9.47 Å². The van der Waals surface area contributed by atoms with E-state index in [9.17, 15) is 9.59 Å². The summed E-state index contributed by atoms with van der Waals surface area (Å²) in [6.45, 7) is 11.3. The van der Waals surface area contributed by atoms with Crippen LogP contribution in [0.2, 0.25) is 0 Å². The van der Waals surface area contributed by atoms with Crippen molar-refractivity contribution >= 4 is 12.1 Å². The van der Waals surface area contributed by atoms with Gasteiger partial charge in [0.2, 0.25) is 0 Å². The molecule has 0 bridgehead atoms. The molecule has 1 atom stereocenters. The number of hydrogen-bond donors (Lipinski definition) is 1. The number of ether oxygens (including phenoxy) is 2. The van der Waals surface area contributed by atoms with Gasteiger partial charge in [-0.2, -0.15) is 0 Å². The molecule has 0 aliphatic carbocycles. The van der Waals surface area contributed by atoms with E-state index in [0.717, 1.165) is 0 Å². The van der Waals surface area contributed by atoms with Crippen LogP contribution in [0.25, 0.3) is 0 Å². The minimum atomic E-state index is -0.545. The van der Waals surface area contributed by atoms with Crippen LogP contribution in [0.1, 0.15) is 41.5 Å². The Labute approximate surface area is 115 Å². The SMILES string of the molecule is CCOC(=O)C=CC(NC(=O)OC(C)(C)C)C(C)C. The molecule has 0 radical (unpaired) electrons. The number of esters is 1. The lowest BCUT2D eigenvalue weighted by atomic mass is 10.0. The molecular weight excluding hydrogens is 246 g/mol. The van der Waals surface area contributed by atoms with Gasteiger partial charge in [-0.15, -0.1) is 0 Å². The van der Waals surface area contributed by atoms with Gasteiger partial charge in [-0.3, -0.25) is 0 Å². The summed E-state index contributed by atoms with van der Waals surface area (Å²) in [5.41, 5.74) is -0.545. The molecule has 110 valence electrons. The molecule has 0 rings (SSSR count). The van der Waals surface area contributed by atoms with Crippen LogP contribution >= 0.6 is 0 Å². The molecule has 0 aliphatic heterocycles. The molecule has 1 amide bonds. The molecule has 19 heavy (non-hydrogen) atoms. The maximum absolute atomic E-state index is 11.7. The maximum Gasteiger partial charge on any atom is 0.408 e. The van der Waals surface area contributed by atoms with Crippen molar-refractivity contribution in [2.45, 2.75) is 53.2 Å². The van der Waals surface area contributed by atoms with Gasteiger partial charge in [-0.05, 0) is 33.6 Å². The van der Waals surface area contributed by atoms with Crippen molar-refractivity contribution in [3.63, 3.8) is 0 Å². The fraction of sp³-hybridized carbons (Fsp3) is 0.714. The van der Waals surface area contributed by atoms with Crippen LogP contribution in [0.5, 0.6) is 0 Å². The van der Waals surface area contributed by atoms with Gasteiger partial charge >= 0.3 is 12.1 Å². The highest BCUT2D eigenvalue weighted by atomic mass is 16.6. The summed E-state index contributed by atoms with van der Waals surface area (Å²) in [6, 6.07) is -0.278. The number of nitrogens with one attached hydrogen (secondary N) is 1. The second-order valence-corrected chi connectivity index (χ2v) is 5.53. The normalized spacial score (nSPS) is 13.4. The van der Waals surface area contributed by atoms with Crippen molar-refractivity contribution in [3.8, 4) is 0 Å². The van der Waals surface area contributed by atoms with E-state index >= 15 is 0 Å². The molecule has 1 N–H and O–H groups in total. The Morgan fingerprint density at radius 1 is 1.26 bits per heavy atom. The predicted octanol–water partition coefficient (Wildman–Crippen LogP) is 2.66. The summed E-state index contributed by atoms with van der Waals surface area (Å²) in [5, 5.41) is 2.71. The van der Waals surface area contributed by atoms with Crippen LogP contribution in [-0.2, 0) is 14.3 Å². The van der Waals surface area contributed by atoms with E-state index in [1.165, 1.54) is 6.08 Å². The zero-order valence-electron chi connectivity index (χ0n) is 12.6. The van der Waals surface area contributed by atoms with Crippen LogP contribution in [-0.4, -0.2) is 30.3 Å². The Kier molecular flexibility index (Phi) is 7.19. The minimum absolute atomic E-state index is 0.137. The van der Waals surface area contributed by atoms with Gasteiger partial charge in [0.05, 0.1) is 12.6 Å². The average molecular weight is 271 g/mol. The van der Waals surface area contributed by atoms with E-state index in [1.54, 1.807) is 33.8 Å². The quantitative estimate of drug-likeness (QED) is 0.616. The number of alkyl carbamates (subject to hydrolysis) is 1. The Bertz CT molecular complexity index is 329. The zero-order chi connectivity index (χ0) is 15.1. The topological polar surface area (TPSA) is 64.6 Å².